The van der Waals surface area contributed by atoms with Crippen LogP contribution in [0.5, 0.6) is 0 Å². The van der Waals surface area contributed by atoms with Gasteiger partial charge in [0.2, 0.25) is 0 Å². The van der Waals surface area contributed by atoms with E-state index in [0.717, 1.165) is 6.61 Å². The van der Waals surface area contributed by atoms with Gasteiger partial charge in [-0.05, 0) is 5.41 Å². The van der Waals surface area contributed by atoms with E-state index < -0.39 is 0 Å². The van der Waals surface area contributed by atoms with E-state index in [9.17, 15) is 0 Å². The summed E-state index contributed by atoms with van der Waals surface area (Å²) >= 11 is 0. The van der Waals surface area contributed by atoms with Crippen LogP contribution in [0.4, 0.5) is 0 Å². The fourth-order valence-electron chi connectivity index (χ4n) is 0.902. The molecule has 0 saturated carbocycles. The van der Waals surface area contributed by atoms with Crippen molar-refractivity contribution in [2.45, 2.75) is 20.8 Å². The first-order chi connectivity index (χ1) is 7.06. The summed E-state index contributed by atoms with van der Waals surface area (Å²) in [6.45, 7) is 10.9. The Morgan fingerprint density at radius 3 is 1.73 bits per heavy atom. The van der Waals surface area contributed by atoms with Crippen molar-refractivity contribution in [3.63, 3.8) is 0 Å². The van der Waals surface area contributed by atoms with Gasteiger partial charge in [-0.25, -0.2) is 0 Å². The van der Waals surface area contributed by atoms with Crippen LogP contribution in [0, 0.1) is 5.41 Å². The van der Waals surface area contributed by atoms with Gasteiger partial charge in [-0.1, -0.05) is 20.8 Å². The Morgan fingerprint density at radius 2 is 1.27 bits per heavy atom. The van der Waals surface area contributed by atoms with E-state index in [1.54, 1.807) is 0 Å². The largest absolute Gasteiger partial charge is 0.379 e. The molecule has 15 heavy (non-hydrogen) atoms. The van der Waals surface area contributed by atoms with Crippen molar-refractivity contribution in [3.8, 4) is 0 Å². The van der Waals surface area contributed by atoms with Crippen molar-refractivity contribution in [1.82, 2.24) is 0 Å². The number of rotatable bonds is 9. The quantitative estimate of drug-likeness (QED) is 0.589. The van der Waals surface area contributed by atoms with Crippen LogP contribution in [0.15, 0.2) is 0 Å². The fourth-order valence-corrected chi connectivity index (χ4v) is 0.902. The lowest BCUT2D eigenvalue weighted by molar-refractivity contribution is 0.000243. The molecule has 0 saturated heterocycles. The monoisotopic (exact) mass is 219 g/mol. The maximum Gasteiger partial charge on any atom is 0.0701 e. The molecule has 92 valence electrons. The van der Waals surface area contributed by atoms with Crippen molar-refractivity contribution < 1.29 is 14.2 Å². The molecule has 0 aliphatic carbocycles. The molecule has 0 aromatic rings. The Balaban J connectivity index is 2.99. The maximum absolute atomic E-state index is 5.44. The highest BCUT2D eigenvalue weighted by atomic mass is 16.5. The lowest BCUT2D eigenvalue weighted by Gasteiger charge is -2.17. The van der Waals surface area contributed by atoms with Gasteiger partial charge < -0.3 is 19.9 Å². The molecule has 0 aromatic carbocycles. The number of nitrogens with two attached hydrogens (primary N) is 1. The van der Waals surface area contributed by atoms with E-state index in [4.69, 9.17) is 19.9 Å². The number of hydrogen-bond donors (Lipinski definition) is 1. The van der Waals surface area contributed by atoms with E-state index >= 15 is 0 Å². The van der Waals surface area contributed by atoms with Crippen molar-refractivity contribution in [2.75, 3.05) is 46.2 Å². The average molecular weight is 219 g/mol. The molecule has 0 aliphatic heterocycles. The predicted octanol–water partition coefficient (Wildman–Crippen LogP) is 1.04. The van der Waals surface area contributed by atoms with E-state index in [-0.39, 0.29) is 5.41 Å². The van der Waals surface area contributed by atoms with Gasteiger partial charge >= 0.3 is 0 Å². The van der Waals surface area contributed by atoms with Crippen LogP contribution in [-0.2, 0) is 14.2 Å². The highest BCUT2D eigenvalue weighted by Gasteiger charge is 2.09. The Morgan fingerprint density at radius 1 is 0.800 bits per heavy atom. The third-order valence-corrected chi connectivity index (χ3v) is 1.54. The minimum absolute atomic E-state index is 0.226. The lowest BCUT2D eigenvalue weighted by atomic mass is 9.99. The Labute approximate surface area is 93.1 Å². The molecular formula is C11H25NO3. The van der Waals surface area contributed by atoms with Gasteiger partial charge in [0.1, 0.15) is 0 Å². The molecule has 0 rings (SSSR count). The normalized spacial score (nSPS) is 12.0. The van der Waals surface area contributed by atoms with Gasteiger partial charge in [0.05, 0.1) is 39.6 Å². The molecule has 4 nitrogen and oxygen atoms in total. The lowest BCUT2D eigenvalue weighted by Crippen LogP contribution is -2.18. The minimum atomic E-state index is 0.226. The molecule has 0 bridgehead atoms. The average Bonchev–Trinajstić information content (AvgIpc) is 2.14. The van der Waals surface area contributed by atoms with Gasteiger partial charge in [-0.15, -0.1) is 0 Å². The second-order valence-corrected chi connectivity index (χ2v) is 4.63. The highest BCUT2D eigenvalue weighted by Crippen LogP contribution is 2.12. The summed E-state index contributed by atoms with van der Waals surface area (Å²) in [5, 5.41) is 0. The number of hydrogen-bond acceptors (Lipinski definition) is 4. The summed E-state index contributed by atoms with van der Waals surface area (Å²) in [5.74, 6) is 0. The molecule has 0 unspecified atom stereocenters. The van der Waals surface area contributed by atoms with Crippen LogP contribution >= 0.6 is 0 Å². The predicted molar refractivity (Wildman–Crippen MR) is 61.0 cm³/mol. The standard InChI is InChI=1S/C11H25NO3/c1-11(2,3)10-15-9-8-14-7-6-13-5-4-12/h4-10,12H2,1-3H3. The Kier molecular flexibility index (Phi) is 9.00. The number of ether oxygens (including phenoxy) is 3. The molecule has 0 aliphatic rings. The van der Waals surface area contributed by atoms with Crippen LogP contribution in [0.2, 0.25) is 0 Å². The van der Waals surface area contributed by atoms with E-state index in [2.05, 4.69) is 20.8 Å². The maximum atomic E-state index is 5.44. The van der Waals surface area contributed by atoms with E-state index in [1.807, 2.05) is 0 Å². The minimum Gasteiger partial charge on any atom is -0.379 e. The summed E-state index contributed by atoms with van der Waals surface area (Å²) in [4.78, 5) is 0. The van der Waals surface area contributed by atoms with Crippen molar-refractivity contribution in [2.24, 2.45) is 11.1 Å². The third kappa shape index (κ3) is 13.8. The van der Waals surface area contributed by atoms with Crippen molar-refractivity contribution in [1.29, 1.82) is 0 Å². The smallest absolute Gasteiger partial charge is 0.0701 e. The van der Waals surface area contributed by atoms with Crippen LogP contribution < -0.4 is 5.73 Å². The molecule has 0 fully saturated rings. The van der Waals surface area contributed by atoms with Crippen LogP contribution in [0.25, 0.3) is 0 Å². The summed E-state index contributed by atoms with van der Waals surface area (Å²) in [6, 6.07) is 0. The molecule has 0 atom stereocenters. The Hall–Kier alpha value is -0.160. The van der Waals surface area contributed by atoms with Crippen LogP contribution in [0.1, 0.15) is 20.8 Å². The highest BCUT2D eigenvalue weighted by molar-refractivity contribution is 4.58. The molecule has 0 heterocycles. The van der Waals surface area contributed by atoms with Gasteiger partial charge in [-0.3, -0.25) is 0 Å². The van der Waals surface area contributed by atoms with Gasteiger partial charge in [0.15, 0.2) is 0 Å². The zero-order valence-electron chi connectivity index (χ0n) is 10.3. The SMILES string of the molecule is CC(C)(C)COCCOCCOCCN. The van der Waals surface area contributed by atoms with Crippen molar-refractivity contribution >= 4 is 0 Å². The van der Waals surface area contributed by atoms with Crippen LogP contribution in [-0.4, -0.2) is 46.2 Å². The summed E-state index contributed by atoms with van der Waals surface area (Å²) in [5.41, 5.74) is 5.49. The Bertz CT molecular complexity index is 134. The zero-order chi connectivity index (χ0) is 11.6. The summed E-state index contributed by atoms with van der Waals surface area (Å²) in [7, 11) is 0. The van der Waals surface area contributed by atoms with E-state index in [0.29, 0.717) is 39.6 Å². The molecule has 0 radical (unpaired) electrons. The first-order valence-electron chi connectivity index (χ1n) is 5.49. The zero-order valence-corrected chi connectivity index (χ0v) is 10.3. The van der Waals surface area contributed by atoms with E-state index in [1.165, 1.54) is 0 Å². The summed E-state index contributed by atoms with van der Waals surface area (Å²) < 4.78 is 15.9. The van der Waals surface area contributed by atoms with Gasteiger partial charge in [0.25, 0.3) is 0 Å². The molecule has 2 N–H and O–H groups in total. The molecule has 0 aromatic heterocycles. The van der Waals surface area contributed by atoms with Crippen molar-refractivity contribution in [3.05, 3.63) is 0 Å². The molecule has 4 heteroatoms. The van der Waals surface area contributed by atoms with Crippen LogP contribution in [0.3, 0.4) is 0 Å². The molecule has 0 amide bonds. The van der Waals surface area contributed by atoms with Gasteiger partial charge in [-0.2, -0.15) is 0 Å². The summed E-state index contributed by atoms with van der Waals surface area (Å²) in [6.07, 6.45) is 0. The first-order valence-corrected chi connectivity index (χ1v) is 5.49. The third-order valence-electron chi connectivity index (χ3n) is 1.54. The topological polar surface area (TPSA) is 53.7 Å². The molecule has 0 spiro atoms. The molecular weight excluding hydrogens is 194 g/mol. The first kappa shape index (κ1) is 14.8. The van der Waals surface area contributed by atoms with Gasteiger partial charge in [0, 0.05) is 6.54 Å². The second kappa shape index (κ2) is 9.09. The fraction of sp³-hybridized carbons (Fsp3) is 1.00. The second-order valence-electron chi connectivity index (χ2n) is 4.63.